The maximum Gasteiger partial charge on any atom is 0.408 e. The Kier molecular flexibility index (Phi) is 5.20. The Labute approximate surface area is 110 Å². The van der Waals surface area contributed by atoms with Gasteiger partial charge in [-0.25, -0.2) is 4.79 Å². The molecule has 0 aromatic rings. The van der Waals surface area contributed by atoms with Crippen LogP contribution in [0.25, 0.3) is 0 Å². The summed E-state index contributed by atoms with van der Waals surface area (Å²) < 4.78 is 5.27. The maximum absolute atomic E-state index is 12.0. The van der Waals surface area contributed by atoms with Gasteiger partial charge in [0, 0.05) is 25.0 Å². The number of nitrogens with one attached hydrogen (secondary N) is 1. The van der Waals surface area contributed by atoms with E-state index in [2.05, 4.69) is 5.32 Å². The lowest BCUT2D eigenvalue weighted by atomic mass is 9.88. The minimum absolute atomic E-state index is 0.216. The van der Waals surface area contributed by atoms with Crippen molar-refractivity contribution in [1.82, 2.24) is 10.2 Å². The Hall–Kier alpha value is -1.26. The summed E-state index contributed by atoms with van der Waals surface area (Å²) in [6.07, 6.45) is -1.37. The van der Waals surface area contributed by atoms with E-state index in [1.54, 1.807) is 14.1 Å². The summed E-state index contributed by atoms with van der Waals surface area (Å²) in [5, 5.41) is 2.68. The van der Waals surface area contributed by atoms with Crippen molar-refractivity contribution in [3.8, 4) is 0 Å². The summed E-state index contributed by atoms with van der Waals surface area (Å²) in [7, 11) is 3.29. The van der Waals surface area contributed by atoms with Gasteiger partial charge >= 0.3 is 6.09 Å². The first-order valence-electron chi connectivity index (χ1n) is 6.04. The summed E-state index contributed by atoms with van der Waals surface area (Å²) >= 11 is 0. The Balaban J connectivity index is 4.83. The number of hydrogen-bond donors (Lipinski definition) is 1. The number of carbonyl (C=O) groups is 2. The number of rotatable bonds is 2. The summed E-state index contributed by atoms with van der Waals surface area (Å²) in [5.41, 5.74) is -0.836. The quantitative estimate of drug-likeness (QED) is 0.824. The Bertz CT molecular complexity index is 311. The van der Waals surface area contributed by atoms with Gasteiger partial charge in [-0.05, 0) is 20.8 Å². The number of carbonyl (C=O) groups excluding carboxylic acids is 2. The van der Waals surface area contributed by atoms with Crippen LogP contribution in [0.3, 0.4) is 0 Å². The summed E-state index contributed by atoms with van der Waals surface area (Å²) in [5.74, 6) is -0.216. The number of ether oxygens (including phenoxy) is 1. The van der Waals surface area contributed by atoms with Crippen LogP contribution < -0.4 is 5.32 Å². The molecule has 0 fully saturated rings. The van der Waals surface area contributed by atoms with E-state index in [1.807, 2.05) is 41.5 Å². The number of likely N-dealkylation sites (N-methyl/N-ethyl adjacent to an activating group) is 1. The Morgan fingerprint density at radius 3 is 1.78 bits per heavy atom. The normalized spacial score (nSPS) is 13.8. The predicted octanol–water partition coefficient (Wildman–Crippen LogP) is 2.01. The Morgan fingerprint density at radius 2 is 1.50 bits per heavy atom. The van der Waals surface area contributed by atoms with Gasteiger partial charge in [-0.3, -0.25) is 4.79 Å². The highest BCUT2D eigenvalue weighted by atomic mass is 16.6. The van der Waals surface area contributed by atoms with Crippen LogP contribution in [0.2, 0.25) is 0 Å². The minimum Gasteiger partial charge on any atom is -0.436 e. The van der Waals surface area contributed by atoms with Gasteiger partial charge in [-0.1, -0.05) is 20.8 Å². The molecule has 5 nitrogen and oxygen atoms in total. The van der Waals surface area contributed by atoms with Crippen LogP contribution in [0.1, 0.15) is 41.5 Å². The molecule has 1 atom stereocenters. The second-order valence-corrected chi connectivity index (χ2v) is 6.76. The molecule has 1 unspecified atom stereocenters. The summed E-state index contributed by atoms with van der Waals surface area (Å²) in [6.45, 7) is 11.2. The molecular weight excluding hydrogens is 232 g/mol. The third-order valence-corrected chi connectivity index (χ3v) is 2.15. The van der Waals surface area contributed by atoms with Crippen molar-refractivity contribution >= 4 is 12.0 Å². The average molecular weight is 258 g/mol. The van der Waals surface area contributed by atoms with Crippen LogP contribution in [0, 0.1) is 5.41 Å². The zero-order chi connectivity index (χ0) is 14.7. The smallest absolute Gasteiger partial charge is 0.408 e. The number of amides is 2. The molecule has 5 heteroatoms. The lowest BCUT2D eigenvalue weighted by Gasteiger charge is -2.32. The fourth-order valence-corrected chi connectivity index (χ4v) is 1.27. The molecule has 0 aliphatic carbocycles. The topological polar surface area (TPSA) is 58.6 Å². The van der Waals surface area contributed by atoms with Crippen LogP contribution in [0.4, 0.5) is 4.79 Å². The van der Waals surface area contributed by atoms with E-state index < -0.39 is 17.6 Å². The fraction of sp³-hybridized carbons (Fsp3) is 0.846. The average Bonchev–Trinajstić information content (AvgIpc) is 2.08. The molecule has 0 saturated carbocycles. The maximum atomic E-state index is 12.0. The minimum atomic E-state index is -0.796. The summed E-state index contributed by atoms with van der Waals surface area (Å²) in [4.78, 5) is 25.2. The van der Waals surface area contributed by atoms with Crippen molar-refractivity contribution in [3.63, 3.8) is 0 Å². The molecule has 0 spiro atoms. The van der Waals surface area contributed by atoms with Crippen LogP contribution in [-0.2, 0) is 9.53 Å². The third kappa shape index (κ3) is 5.89. The van der Waals surface area contributed by atoms with E-state index in [9.17, 15) is 9.59 Å². The molecule has 0 aliphatic rings. The molecule has 2 amide bonds. The molecule has 0 aromatic carbocycles. The van der Waals surface area contributed by atoms with Gasteiger partial charge in [0.25, 0.3) is 5.91 Å². The largest absolute Gasteiger partial charge is 0.436 e. The zero-order valence-electron chi connectivity index (χ0n) is 12.7. The standard InChI is InChI=1S/C13H26N2O3/c1-12(2,3)9(10(16)15(7)8)18-11(17)14-13(4,5)6/h9H,1-8H3,(H,14,17). The first-order valence-corrected chi connectivity index (χ1v) is 6.04. The predicted molar refractivity (Wildman–Crippen MR) is 71.3 cm³/mol. The lowest BCUT2D eigenvalue weighted by molar-refractivity contribution is -0.143. The lowest BCUT2D eigenvalue weighted by Crippen LogP contribution is -2.49. The van der Waals surface area contributed by atoms with Crippen molar-refractivity contribution < 1.29 is 14.3 Å². The van der Waals surface area contributed by atoms with E-state index in [4.69, 9.17) is 4.74 Å². The van der Waals surface area contributed by atoms with E-state index in [0.29, 0.717) is 0 Å². The highest BCUT2D eigenvalue weighted by Crippen LogP contribution is 2.24. The van der Waals surface area contributed by atoms with Crippen molar-refractivity contribution in [3.05, 3.63) is 0 Å². The van der Waals surface area contributed by atoms with E-state index in [-0.39, 0.29) is 11.4 Å². The summed E-state index contributed by atoms with van der Waals surface area (Å²) in [6, 6.07) is 0. The monoisotopic (exact) mass is 258 g/mol. The zero-order valence-corrected chi connectivity index (χ0v) is 12.7. The highest BCUT2D eigenvalue weighted by molar-refractivity contribution is 5.84. The van der Waals surface area contributed by atoms with Gasteiger partial charge in [-0.2, -0.15) is 0 Å². The molecular formula is C13H26N2O3. The fourth-order valence-electron chi connectivity index (χ4n) is 1.27. The SMILES string of the molecule is CN(C)C(=O)C(OC(=O)NC(C)(C)C)C(C)(C)C. The van der Waals surface area contributed by atoms with E-state index in [0.717, 1.165) is 0 Å². The van der Waals surface area contributed by atoms with Crippen molar-refractivity contribution in [1.29, 1.82) is 0 Å². The number of nitrogens with zero attached hydrogens (tertiary/aromatic N) is 1. The molecule has 0 saturated heterocycles. The number of hydrogen-bond acceptors (Lipinski definition) is 3. The number of alkyl carbamates (subject to hydrolysis) is 1. The van der Waals surface area contributed by atoms with Gasteiger partial charge in [0.2, 0.25) is 0 Å². The Morgan fingerprint density at radius 1 is 1.06 bits per heavy atom. The highest BCUT2D eigenvalue weighted by Gasteiger charge is 2.36. The van der Waals surface area contributed by atoms with Crippen molar-refractivity contribution in [2.75, 3.05) is 14.1 Å². The van der Waals surface area contributed by atoms with E-state index >= 15 is 0 Å². The molecule has 1 N–H and O–H groups in total. The second-order valence-electron chi connectivity index (χ2n) is 6.76. The van der Waals surface area contributed by atoms with Gasteiger partial charge in [-0.15, -0.1) is 0 Å². The molecule has 0 aromatic heterocycles. The molecule has 18 heavy (non-hydrogen) atoms. The second kappa shape index (κ2) is 5.59. The van der Waals surface area contributed by atoms with Crippen LogP contribution >= 0.6 is 0 Å². The van der Waals surface area contributed by atoms with Gasteiger partial charge in [0.15, 0.2) is 6.10 Å². The van der Waals surface area contributed by atoms with Gasteiger partial charge < -0.3 is 15.0 Å². The van der Waals surface area contributed by atoms with Gasteiger partial charge in [0.05, 0.1) is 0 Å². The van der Waals surface area contributed by atoms with E-state index in [1.165, 1.54) is 4.90 Å². The molecule has 106 valence electrons. The van der Waals surface area contributed by atoms with Crippen molar-refractivity contribution in [2.45, 2.75) is 53.2 Å². The molecule has 0 heterocycles. The van der Waals surface area contributed by atoms with Crippen LogP contribution in [0.5, 0.6) is 0 Å². The first kappa shape index (κ1) is 16.7. The molecule has 0 aliphatic heterocycles. The molecule has 0 rings (SSSR count). The third-order valence-electron chi connectivity index (χ3n) is 2.15. The first-order chi connectivity index (χ1) is 7.84. The molecule has 0 radical (unpaired) electrons. The van der Waals surface area contributed by atoms with Crippen LogP contribution in [-0.4, -0.2) is 42.6 Å². The van der Waals surface area contributed by atoms with Crippen LogP contribution in [0.15, 0.2) is 0 Å². The van der Waals surface area contributed by atoms with Gasteiger partial charge in [0.1, 0.15) is 0 Å². The molecule has 0 bridgehead atoms. The van der Waals surface area contributed by atoms with Crippen molar-refractivity contribution in [2.24, 2.45) is 5.41 Å².